The van der Waals surface area contributed by atoms with Crippen molar-refractivity contribution in [2.24, 2.45) is 11.8 Å². The molecule has 0 spiro atoms. The predicted octanol–water partition coefficient (Wildman–Crippen LogP) is 4.38. The lowest BCUT2D eigenvalue weighted by molar-refractivity contribution is -0.144. The van der Waals surface area contributed by atoms with Gasteiger partial charge in [0.15, 0.2) is 0 Å². The van der Waals surface area contributed by atoms with E-state index in [1.54, 1.807) is 11.0 Å². The molecule has 3 aliphatic rings. The molecule has 26 heavy (non-hydrogen) atoms. The Labute approximate surface area is 160 Å². The molecule has 0 unspecified atom stereocenters. The van der Waals surface area contributed by atoms with Crippen molar-refractivity contribution in [2.75, 3.05) is 26.7 Å². The van der Waals surface area contributed by atoms with Gasteiger partial charge in [0.2, 0.25) is 5.91 Å². The zero-order valence-electron chi connectivity index (χ0n) is 15.5. The number of carbonyl (C=O) groups excluding carboxylic acids is 1. The summed E-state index contributed by atoms with van der Waals surface area (Å²) in [7, 11) is 1.85. The molecule has 0 bridgehead atoms. The summed E-state index contributed by atoms with van der Waals surface area (Å²) in [5.74, 6) is 0.579. The van der Waals surface area contributed by atoms with Crippen molar-refractivity contribution in [3.8, 4) is 0 Å². The van der Waals surface area contributed by atoms with Crippen molar-refractivity contribution in [1.29, 1.82) is 0 Å². The molecule has 1 aromatic rings. The number of amides is 1. The molecule has 2 aliphatic carbocycles. The summed E-state index contributed by atoms with van der Waals surface area (Å²) in [6.07, 6.45) is 5.49. The zero-order chi connectivity index (χ0) is 18.3. The van der Waals surface area contributed by atoms with Gasteiger partial charge in [-0.05, 0) is 74.7 Å². The van der Waals surface area contributed by atoms with Crippen molar-refractivity contribution >= 4 is 17.5 Å². The van der Waals surface area contributed by atoms with E-state index in [0.717, 1.165) is 31.7 Å². The summed E-state index contributed by atoms with van der Waals surface area (Å²) in [5, 5.41) is 0.645. The molecule has 142 valence electrons. The molecule has 2 saturated carbocycles. The maximum absolute atomic E-state index is 15.3. The van der Waals surface area contributed by atoms with E-state index in [1.807, 2.05) is 19.2 Å². The molecule has 0 atom stereocenters. The summed E-state index contributed by atoms with van der Waals surface area (Å²) in [5.41, 5.74) is 0.287. The monoisotopic (exact) mass is 378 g/mol. The molecular formula is C21H28ClFN2O. The summed E-state index contributed by atoms with van der Waals surface area (Å²) in [6.45, 7) is 3.89. The van der Waals surface area contributed by atoms with Gasteiger partial charge in [-0.2, -0.15) is 0 Å². The second-order valence-corrected chi connectivity index (χ2v) is 8.93. The average Bonchev–Trinajstić information content (AvgIpc) is 3.25. The van der Waals surface area contributed by atoms with Crippen LogP contribution in [0.5, 0.6) is 0 Å². The lowest BCUT2D eigenvalue weighted by Gasteiger charge is -2.42. The minimum absolute atomic E-state index is 0.0990. The molecule has 3 nitrogen and oxygen atoms in total. The van der Waals surface area contributed by atoms with Gasteiger partial charge in [0.05, 0.1) is 0 Å². The molecule has 0 aromatic heterocycles. The van der Waals surface area contributed by atoms with Crippen LogP contribution in [0.25, 0.3) is 0 Å². The largest absolute Gasteiger partial charge is 0.345 e. The van der Waals surface area contributed by atoms with Crippen molar-refractivity contribution < 1.29 is 9.18 Å². The Bertz CT molecular complexity index is 679. The van der Waals surface area contributed by atoms with E-state index in [1.165, 1.54) is 25.7 Å². The molecule has 4 rings (SSSR count). The first kappa shape index (κ1) is 18.2. The Kier molecular flexibility index (Phi) is 5.00. The summed E-state index contributed by atoms with van der Waals surface area (Å²) < 4.78 is 15.3. The normalized spacial score (nSPS) is 28.8. The predicted molar refractivity (Wildman–Crippen MR) is 102 cm³/mol. The van der Waals surface area contributed by atoms with E-state index in [4.69, 9.17) is 11.6 Å². The number of benzene rings is 1. The zero-order valence-corrected chi connectivity index (χ0v) is 16.3. The molecule has 0 radical (unpaired) electrons. The highest BCUT2D eigenvalue weighted by Crippen LogP contribution is 2.50. The molecule has 1 aromatic carbocycles. The number of hydrogen-bond acceptors (Lipinski definition) is 2. The molecule has 1 aliphatic heterocycles. The van der Waals surface area contributed by atoms with Gasteiger partial charge >= 0.3 is 0 Å². The van der Waals surface area contributed by atoms with Crippen molar-refractivity contribution in [2.45, 2.75) is 50.7 Å². The lowest BCUT2D eigenvalue weighted by atomic mass is 9.68. The van der Waals surface area contributed by atoms with Crippen LogP contribution in [0.15, 0.2) is 18.2 Å². The third kappa shape index (κ3) is 3.77. The Morgan fingerprint density at radius 3 is 2.62 bits per heavy atom. The highest BCUT2D eigenvalue weighted by atomic mass is 35.5. The SMILES string of the molecule is CN(CC1CC1)C(=O)[C@H]1C[C@](F)(c2ccc(CN3CCCC3)c(Cl)c2)C1. The maximum Gasteiger partial charge on any atom is 0.225 e. The molecule has 1 amide bonds. The van der Waals surface area contributed by atoms with Crippen molar-refractivity contribution in [3.05, 3.63) is 34.3 Å². The van der Waals surface area contributed by atoms with Crippen LogP contribution in [0.1, 0.15) is 49.7 Å². The van der Waals surface area contributed by atoms with E-state index in [2.05, 4.69) is 4.90 Å². The Hall–Kier alpha value is -1.13. The average molecular weight is 379 g/mol. The number of alkyl halides is 1. The van der Waals surface area contributed by atoms with Crippen LogP contribution in [0.4, 0.5) is 4.39 Å². The highest BCUT2D eigenvalue weighted by molar-refractivity contribution is 6.31. The van der Waals surface area contributed by atoms with Crippen LogP contribution in [0, 0.1) is 11.8 Å². The number of likely N-dealkylation sites (tertiary alicyclic amines) is 1. The third-order valence-electron chi connectivity index (χ3n) is 6.26. The first-order valence-electron chi connectivity index (χ1n) is 9.90. The molecule has 3 fully saturated rings. The second kappa shape index (κ2) is 7.12. The lowest BCUT2D eigenvalue weighted by Crippen LogP contribution is -2.46. The van der Waals surface area contributed by atoms with Gasteiger partial charge in [0, 0.05) is 31.1 Å². The fourth-order valence-electron chi connectivity index (χ4n) is 4.36. The van der Waals surface area contributed by atoms with Gasteiger partial charge < -0.3 is 4.90 Å². The van der Waals surface area contributed by atoms with Gasteiger partial charge in [-0.1, -0.05) is 23.7 Å². The Morgan fingerprint density at radius 2 is 2.00 bits per heavy atom. The van der Waals surface area contributed by atoms with E-state index >= 15 is 4.39 Å². The van der Waals surface area contributed by atoms with Gasteiger partial charge in [-0.25, -0.2) is 4.39 Å². The Morgan fingerprint density at radius 1 is 1.31 bits per heavy atom. The van der Waals surface area contributed by atoms with Gasteiger partial charge in [-0.15, -0.1) is 0 Å². The third-order valence-corrected chi connectivity index (χ3v) is 6.61. The van der Waals surface area contributed by atoms with Crippen LogP contribution in [0.3, 0.4) is 0 Å². The van der Waals surface area contributed by atoms with E-state index in [-0.39, 0.29) is 24.7 Å². The number of hydrogen-bond donors (Lipinski definition) is 0. The minimum Gasteiger partial charge on any atom is -0.345 e. The first-order valence-corrected chi connectivity index (χ1v) is 10.3. The topological polar surface area (TPSA) is 23.6 Å². The summed E-state index contributed by atoms with van der Waals surface area (Å²) in [6, 6.07) is 5.61. The number of rotatable bonds is 6. The second-order valence-electron chi connectivity index (χ2n) is 8.52. The van der Waals surface area contributed by atoms with Crippen LogP contribution >= 0.6 is 11.6 Å². The maximum atomic E-state index is 15.3. The van der Waals surface area contributed by atoms with Crippen LogP contribution in [-0.2, 0) is 17.0 Å². The van der Waals surface area contributed by atoms with Crippen LogP contribution in [0.2, 0.25) is 5.02 Å². The molecule has 1 saturated heterocycles. The minimum atomic E-state index is -1.41. The van der Waals surface area contributed by atoms with E-state index < -0.39 is 5.67 Å². The fraction of sp³-hybridized carbons (Fsp3) is 0.667. The molecule has 0 N–H and O–H groups in total. The van der Waals surface area contributed by atoms with E-state index in [9.17, 15) is 4.79 Å². The highest BCUT2D eigenvalue weighted by Gasteiger charge is 2.50. The quantitative estimate of drug-likeness (QED) is 0.733. The molecule has 5 heteroatoms. The van der Waals surface area contributed by atoms with Crippen LogP contribution in [-0.4, -0.2) is 42.4 Å². The summed E-state index contributed by atoms with van der Waals surface area (Å²) in [4.78, 5) is 16.6. The van der Waals surface area contributed by atoms with Crippen LogP contribution < -0.4 is 0 Å². The van der Waals surface area contributed by atoms with Gasteiger partial charge in [0.25, 0.3) is 0 Å². The smallest absolute Gasteiger partial charge is 0.225 e. The number of halogens is 2. The summed E-state index contributed by atoms with van der Waals surface area (Å²) >= 11 is 6.44. The number of carbonyl (C=O) groups is 1. The van der Waals surface area contributed by atoms with Crippen molar-refractivity contribution in [1.82, 2.24) is 9.80 Å². The molecular weight excluding hydrogens is 351 g/mol. The number of nitrogens with zero attached hydrogens (tertiary/aromatic N) is 2. The fourth-order valence-corrected chi connectivity index (χ4v) is 4.60. The van der Waals surface area contributed by atoms with Gasteiger partial charge in [0.1, 0.15) is 5.67 Å². The first-order chi connectivity index (χ1) is 12.4. The Balaban J connectivity index is 1.36. The van der Waals surface area contributed by atoms with Crippen molar-refractivity contribution in [3.63, 3.8) is 0 Å². The molecule has 1 heterocycles. The standard InChI is InChI=1S/C21H28ClFN2O/c1-24(13-15-4-5-15)20(26)17-11-21(23,12-17)18-7-6-16(19(22)10-18)14-25-8-2-3-9-25/h6-7,10,15,17H,2-5,8-9,11-14H2,1H3/t17-,21+. The van der Waals surface area contributed by atoms with Gasteiger partial charge in [-0.3, -0.25) is 9.69 Å². The van der Waals surface area contributed by atoms with E-state index in [0.29, 0.717) is 16.5 Å².